The number of Topliss-reactive ketones (excluding diaryl/α,β-unsaturated/α-hetero) is 2. The lowest BCUT2D eigenvalue weighted by atomic mass is 9.72. The summed E-state index contributed by atoms with van der Waals surface area (Å²) in [6, 6.07) is 8.78. The molecular formula is C50H62N4O2. The van der Waals surface area contributed by atoms with Crippen molar-refractivity contribution in [3.8, 4) is 11.1 Å². The van der Waals surface area contributed by atoms with Gasteiger partial charge in [0.05, 0.1) is 23.8 Å². The molecule has 0 heterocycles. The Morgan fingerprint density at radius 3 is 1.00 bits per heavy atom. The largest absolute Gasteiger partial charge is 0.289 e. The second-order valence-electron chi connectivity index (χ2n) is 20.2. The summed E-state index contributed by atoms with van der Waals surface area (Å²) in [5, 5.41) is 18.9. The lowest BCUT2D eigenvalue weighted by molar-refractivity contribution is -0.114. The number of benzene rings is 2. The molecule has 0 saturated carbocycles. The minimum atomic E-state index is -0.273. The van der Waals surface area contributed by atoms with Gasteiger partial charge in [0.25, 0.3) is 0 Å². The second kappa shape index (κ2) is 15.4. The van der Waals surface area contributed by atoms with Crippen LogP contribution >= 0.6 is 0 Å². The third-order valence-electron chi connectivity index (χ3n) is 11.5. The minimum Gasteiger partial charge on any atom is -0.289 e. The summed E-state index contributed by atoms with van der Waals surface area (Å²) in [7, 11) is 0. The van der Waals surface area contributed by atoms with Crippen molar-refractivity contribution in [1.82, 2.24) is 0 Å². The van der Waals surface area contributed by atoms with Gasteiger partial charge in [-0.05, 0) is 154 Å². The predicted molar refractivity (Wildman–Crippen MR) is 231 cm³/mol. The molecule has 0 N–H and O–H groups in total. The van der Waals surface area contributed by atoms with E-state index < -0.39 is 0 Å². The summed E-state index contributed by atoms with van der Waals surface area (Å²) in [4.78, 5) is 26.8. The molecule has 0 saturated heterocycles. The van der Waals surface area contributed by atoms with Gasteiger partial charge < -0.3 is 0 Å². The molecule has 0 amide bonds. The molecular weight excluding hydrogens is 689 g/mol. The Morgan fingerprint density at radius 2 is 0.714 bits per heavy atom. The Labute approximate surface area is 335 Å². The standard InChI is InChI=1S/C50H62N4O2/c1-47(2,3)39-25-31(26-40(45(39)55)48(4,5)6)29-51-53-43-23-21-35(33-17-13-15-19-37(33)43)36-22-24-44(38-20-16-14-18-34(36)38)54-52-30-32-27-41(49(7,8)9)46(56)42(28-32)50(10,11)12/h21-30H,13-20H2,1-12H3/b53-51+,54-52+. The molecule has 0 radical (unpaired) electrons. The third-order valence-corrected chi connectivity index (χ3v) is 11.5. The van der Waals surface area contributed by atoms with Crippen LogP contribution in [0.5, 0.6) is 0 Å². The van der Waals surface area contributed by atoms with E-state index in [1.165, 1.54) is 33.4 Å². The lowest BCUT2D eigenvalue weighted by Crippen LogP contribution is -2.27. The first-order chi connectivity index (χ1) is 26.1. The van der Waals surface area contributed by atoms with Crippen molar-refractivity contribution in [2.75, 3.05) is 0 Å². The Hall–Kier alpha value is -4.58. The zero-order valence-electron chi connectivity index (χ0n) is 36.0. The van der Waals surface area contributed by atoms with E-state index in [1.54, 1.807) is 12.4 Å². The van der Waals surface area contributed by atoms with E-state index >= 15 is 0 Å². The van der Waals surface area contributed by atoms with Crippen LogP contribution in [0.1, 0.15) is 131 Å². The highest BCUT2D eigenvalue weighted by Crippen LogP contribution is 2.44. The Morgan fingerprint density at radius 1 is 0.429 bits per heavy atom. The summed E-state index contributed by atoms with van der Waals surface area (Å²) < 4.78 is 0. The van der Waals surface area contributed by atoms with Crippen molar-refractivity contribution >= 4 is 22.9 Å². The molecule has 2 aromatic rings. The van der Waals surface area contributed by atoms with Crippen LogP contribution in [0.25, 0.3) is 11.1 Å². The van der Waals surface area contributed by atoms with Gasteiger partial charge in [0.1, 0.15) is 0 Å². The maximum absolute atomic E-state index is 13.4. The quantitative estimate of drug-likeness (QED) is 0.285. The van der Waals surface area contributed by atoms with Crippen molar-refractivity contribution < 1.29 is 9.59 Å². The van der Waals surface area contributed by atoms with Gasteiger partial charge in [-0.25, -0.2) is 0 Å². The topological polar surface area (TPSA) is 83.6 Å². The summed E-state index contributed by atoms with van der Waals surface area (Å²) in [5.74, 6) is 0.244. The van der Waals surface area contributed by atoms with Crippen LogP contribution in [-0.4, -0.2) is 11.6 Å². The molecule has 0 fully saturated rings. The predicted octanol–water partition coefficient (Wildman–Crippen LogP) is 14.1. The molecule has 4 aliphatic carbocycles. The zero-order valence-corrected chi connectivity index (χ0v) is 36.0. The van der Waals surface area contributed by atoms with Gasteiger partial charge in [-0.3, -0.25) is 9.59 Å². The highest BCUT2D eigenvalue weighted by molar-refractivity contribution is 6.12. The first-order valence-electron chi connectivity index (χ1n) is 20.6. The number of carbonyl (C=O) groups is 2. The van der Waals surface area contributed by atoms with Gasteiger partial charge in [-0.2, -0.15) is 20.5 Å². The number of carbonyl (C=O) groups excluding carboxylic acids is 2. The number of azo groups is 2. The van der Waals surface area contributed by atoms with Crippen molar-refractivity contribution in [3.05, 3.63) is 117 Å². The summed E-state index contributed by atoms with van der Waals surface area (Å²) >= 11 is 0. The normalized spacial score (nSPS) is 18.4. The van der Waals surface area contributed by atoms with Crippen LogP contribution in [0.2, 0.25) is 0 Å². The number of nitrogens with zero attached hydrogens (tertiary/aromatic N) is 4. The molecule has 6 nitrogen and oxygen atoms in total. The van der Waals surface area contributed by atoms with Crippen molar-refractivity contribution in [2.45, 2.75) is 134 Å². The average Bonchev–Trinajstić information content (AvgIpc) is 3.11. The number of allylic oxidation sites excluding steroid dienone is 10. The fourth-order valence-electron chi connectivity index (χ4n) is 8.38. The highest BCUT2D eigenvalue weighted by atomic mass is 16.1. The highest BCUT2D eigenvalue weighted by Gasteiger charge is 2.35. The molecule has 0 unspecified atom stereocenters. The summed E-state index contributed by atoms with van der Waals surface area (Å²) in [5.41, 5.74) is 13.8. The molecule has 0 aromatic heterocycles. The number of hydrogen-bond donors (Lipinski definition) is 0. The van der Waals surface area contributed by atoms with E-state index in [2.05, 4.69) is 118 Å². The van der Waals surface area contributed by atoms with Gasteiger partial charge in [0.2, 0.25) is 0 Å². The minimum absolute atomic E-state index is 0.122. The fraction of sp³-hybridized carbons (Fsp3) is 0.480. The fourth-order valence-corrected chi connectivity index (χ4v) is 8.38. The smallest absolute Gasteiger partial charge is 0.186 e. The van der Waals surface area contributed by atoms with Crippen LogP contribution in [0.3, 0.4) is 0 Å². The maximum atomic E-state index is 13.4. The molecule has 6 rings (SSSR count). The molecule has 0 atom stereocenters. The third kappa shape index (κ3) is 8.70. The van der Waals surface area contributed by atoms with Crippen LogP contribution < -0.4 is 0 Å². The van der Waals surface area contributed by atoms with E-state index in [-0.39, 0.29) is 33.2 Å². The van der Waals surface area contributed by atoms with E-state index in [0.717, 1.165) is 96.2 Å². The molecule has 56 heavy (non-hydrogen) atoms. The first-order valence-corrected chi connectivity index (χ1v) is 20.6. The Kier molecular flexibility index (Phi) is 11.3. The monoisotopic (exact) mass is 750 g/mol. The maximum Gasteiger partial charge on any atom is 0.186 e. The van der Waals surface area contributed by atoms with Crippen molar-refractivity contribution in [3.63, 3.8) is 0 Å². The molecule has 4 aliphatic rings. The summed E-state index contributed by atoms with van der Waals surface area (Å²) in [6.07, 6.45) is 20.1. The number of hydrogen-bond acceptors (Lipinski definition) is 6. The zero-order chi connectivity index (χ0) is 40.8. The van der Waals surface area contributed by atoms with Gasteiger partial charge >= 0.3 is 0 Å². The van der Waals surface area contributed by atoms with Crippen LogP contribution in [0.15, 0.2) is 115 Å². The number of fused-ring (bicyclic) bond motifs is 2. The molecule has 6 heteroatoms. The van der Waals surface area contributed by atoms with Gasteiger partial charge in [-0.1, -0.05) is 95.2 Å². The number of ketones is 2. The SMILES string of the molecule is CC(C)(C)C1=CC(=C/N=N/c2ccc(-c3ccc(/N=N/C=C4C=C(C(C)(C)C)C(=O)C(C(C)(C)C)=C4)c4c3CCCC4)c3c2CCCC3)C=C(C(C)(C)C)C1=O. The molecule has 0 spiro atoms. The average molecular weight is 751 g/mol. The number of rotatable bonds is 5. The van der Waals surface area contributed by atoms with E-state index in [1.807, 2.05) is 24.3 Å². The van der Waals surface area contributed by atoms with E-state index in [9.17, 15) is 9.59 Å². The van der Waals surface area contributed by atoms with Crippen LogP contribution in [0, 0.1) is 21.7 Å². The molecule has 0 aliphatic heterocycles. The van der Waals surface area contributed by atoms with E-state index in [4.69, 9.17) is 10.2 Å². The van der Waals surface area contributed by atoms with Crippen molar-refractivity contribution in [1.29, 1.82) is 0 Å². The summed E-state index contributed by atoms with van der Waals surface area (Å²) in [6.45, 7) is 25.1. The van der Waals surface area contributed by atoms with Gasteiger partial charge in [-0.15, -0.1) is 0 Å². The Balaban J connectivity index is 1.34. The van der Waals surface area contributed by atoms with Gasteiger partial charge in [0, 0.05) is 22.3 Å². The Bertz CT molecular complexity index is 1970. The van der Waals surface area contributed by atoms with Crippen molar-refractivity contribution in [2.24, 2.45) is 42.1 Å². The van der Waals surface area contributed by atoms with Crippen LogP contribution in [-0.2, 0) is 35.3 Å². The van der Waals surface area contributed by atoms with Crippen LogP contribution in [0.4, 0.5) is 11.4 Å². The lowest BCUT2D eigenvalue weighted by Gasteiger charge is -2.31. The molecule has 0 bridgehead atoms. The second-order valence-corrected chi connectivity index (χ2v) is 20.2. The van der Waals surface area contributed by atoms with E-state index in [0.29, 0.717) is 0 Å². The molecule has 294 valence electrons. The first kappa shape index (κ1) is 41.1. The molecule has 2 aromatic carbocycles. The van der Waals surface area contributed by atoms with Gasteiger partial charge in [0.15, 0.2) is 11.6 Å².